The van der Waals surface area contributed by atoms with Crippen LogP contribution in [0.1, 0.15) is 13.8 Å². The highest BCUT2D eigenvalue weighted by molar-refractivity contribution is 5.73. The Bertz CT molecular complexity index is 222. The van der Waals surface area contributed by atoms with Crippen LogP contribution in [0.2, 0.25) is 0 Å². The Morgan fingerprint density at radius 1 is 1.21 bits per heavy atom. The van der Waals surface area contributed by atoms with E-state index in [1.807, 2.05) is 0 Å². The maximum absolute atomic E-state index is 10.7. The Hall–Kier alpha value is -0.690. The van der Waals surface area contributed by atoms with Crippen molar-refractivity contribution in [2.45, 2.75) is 44.5 Å². The molecule has 0 aromatic heterocycles. The molecule has 1 fully saturated rings. The van der Waals surface area contributed by atoms with E-state index >= 15 is 0 Å². The summed E-state index contributed by atoms with van der Waals surface area (Å²) in [7, 11) is 0. The molecule has 0 aromatic carbocycles. The van der Waals surface area contributed by atoms with Crippen molar-refractivity contribution in [2.75, 3.05) is 0 Å². The van der Waals surface area contributed by atoms with Crippen molar-refractivity contribution < 1.29 is 24.9 Å². The molecule has 0 bridgehead atoms. The molecule has 0 aromatic rings. The third-order valence-electron chi connectivity index (χ3n) is 2.20. The minimum Gasteiger partial charge on any atom is -0.388 e. The molecule has 1 saturated heterocycles. The number of rotatable bonds is 1. The van der Waals surface area contributed by atoms with Crippen LogP contribution in [0.15, 0.2) is 0 Å². The van der Waals surface area contributed by atoms with E-state index in [-0.39, 0.29) is 5.91 Å². The predicted molar refractivity (Wildman–Crippen MR) is 46.2 cm³/mol. The van der Waals surface area contributed by atoms with Crippen molar-refractivity contribution >= 4 is 5.91 Å². The summed E-state index contributed by atoms with van der Waals surface area (Å²) >= 11 is 0. The molecule has 0 radical (unpaired) electrons. The molecule has 0 unspecified atom stereocenters. The van der Waals surface area contributed by atoms with Gasteiger partial charge in [-0.15, -0.1) is 0 Å². The zero-order valence-corrected chi connectivity index (χ0v) is 8.04. The van der Waals surface area contributed by atoms with Crippen LogP contribution in [0.3, 0.4) is 0 Å². The maximum atomic E-state index is 10.7. The van der Waals surface area contributed by atoms with Crippen LogP contribution in [0, 0.1) is 0 Å². The molecule has 5 atom stereocenters. The molecule has 0 spiro atoms. The van der Waals surface area contributed by atoms with Crippen LogP contribution in [0.5, 0.6) is 0 Å². The fraction of sp³-hybridized carbons (Fsp3) is 0.875. The third-order valence-corrected chi connectivity index (χ3v) is 2.20. The molecule has 1 heterocycles. The van der Waals surface area contributed by atoms with Gasteiger partial charge in [0.1, 0.15) is 18.3 Å². The number of hydrogen-bond donors (Lipinski definition) is 4. The number of ether oxygens (including phenoxy) is 1. The first kappa shape index (κ1) is 11.4. The van der Waals surface area contributed by atoms with Crippen molar-refractivity contribution in [2.24, 2.45) is 0 Å². The molecule has 82 valence electrons. The molecule has 0 aliphatic carbocycles. The summed E-state index contributed by atoms with van der Waals surface area (Å²) in [6, 6.07) is 0. The van der Waals surface area contributed by atoms with Gasteiger partial charge in [0.2, 0.25) is 5.91 Å². The molecule has 6 heteroatoms. The first-order chi connectivity index (χ1) is 6.43. The average molecular weight is 205 g/mol. The van der Waals surface area contributed by atoms with Gasteiger partial charge in [-0.2, -0.15) is 0 Å². The SMILES string of the molecule is CC(=O)N[C@H]1O[C@@H](C)[C@@H](O)[C@@H](O)[C@@H]1O. The van der Waals surface area contributed by atoms with E-state index in [1.54, 1.807) is 6.92 Å². The van der Waals surface area contributed by atoms with E-state index in [2.05, 4.69) is 5.32 Å². The number of nitrogens with one attached hydrogen (secondary N) is 1. The highest BCUT2D eigenvalue weighted by atomic mass is 16.5. The van der Waals surface area contributed by atoms with Gasteiger partial charge in [0.25, 0.3) is 0 Å². The van der Waals surface area contributed by atoms with Crippen molar-refractivity contribution in [1.82, 2.24) is 5.32 Å². The quantitative estimate of drug-likeness (QED) is 0.395. The Balaban J connectivity index is 2.65. The fourth-order valence-electron chi connectivity index (χ4n) is 1.37. The second-order valence-corrected chi connectivity index (χ2v) is 3.43. The molecule has 4 N–H and O–H groups in total. The lowest BCUT2D eigenvalue weighted by Gasteiger charge is -2.39. The summed E-state index contributed by atoms with van der Waals surface area (Å²) in [5.41, 5.74) is 0. The molecule has 1 amide bonds. The lowest BCUT2D eigenvalue weighted by atomic mass is 9.99. The van der Waals surface area contributed by atoms with Crippen LogP contribution < -0.4 is 5.32 Å². The average Bonchev–Trinajstić information content (AvgIpc) is 2.10. The molecule has 1 aliphatic rings. The highest BCUT2D eigenvalue weighted by Gasteiger charge is 2.41. The Morgan fingerprint density at radius 2 is 1.79 bits per heavy atom. The standard InChI is InChI=1S/C8H15NO5/c1-3-5(11)6(12)7(13)8(14-3)9-4(2)10/h3,5-8,11-13H,1-2H3,(H,9,10)/t3-,5+,6+,7-,8-/m0/s1. The van der Waals surface area contributed by atoms with Crippen molar-refractivity contribution in [1.29, 1.82) is 0 Å². The number of aliphatic hydroxyl groups excluding tert-OH is 3. The van der Waals surface area contributed by atoms with Gasteiger partial charge in [-0.25, -0.2) is 0 Å². The van der Waals surface area contributed by atoms with Gasteiger partial charge in [0.05, 0.1) is 6.10 Å². The topological polar surface area (TPSA) is 99.0 Å². The summed E-state index contributed by atoms with van der Waals surface area (Å²) in [5, 5.41) is 30.4. The molecule has 14 heavy (non-hydrogen) atoms. The van der Waals surface area contributed by atoms with E-state index in [0.29, 0.717) is 0 Å². The summed E-state index contributed by atoms with van der Waals surface area (Å²) in [6.45, 7) is 2.83. The normalized spacial score (nSPS) is 43.4. The van der Waals surface area contributed by atoms with Gasteiger partial charge in [0.15, 0.2) is 6.23 Å². The molecular weight excluding hydrogens is 190 g/mol. The second-order valence-electron chi connectivity index (χ2n) is 3.43. The molecule has 0 saturated carbocycles. The van der Waals surface area contributed by atoms with Gasteiger partial charge in [-0.3, -0.25) is 4.79 Å². The fourth-order valence-corrected chi connectivity index (χ4v) is 1.37. The number of carbonyl (C=O) groups excluding carboxylic acids is 1. The van der Waals surface area contributed by atoms with Gasteiger partial charge in [0, 0.05) is 6.92 Å². The van der Waals surface area contributed by atoms with Gasteiger partial charge in [-0.05, 0) is 6.92 Å². The lowest BCUT2D eigenvalue weighted by Crippen LogP contribution is -2.61. The zero-order chi connectivity index (χ0) is 10.9. The van der Waals surface area contributed by atoms with Gasteiger partial charge in [-0.1, -0.05) is 0 Å². The van der Waals surface area contributed by atoms with Crippen LogP contribution in [0.25, 0.3) is 0 Å². The zero-order valence-electron chi connectivity index (χ0n) is 8.04. The minimum atomic E-state index is -1.31. The first-order valence-corrected chi connectivity index (χ1v) is 4.40. The predicted octanol–water partition coefficient (Wildman–Crippen LogP) is -2.05. The highest BCUT2D eigenvalue weighted by Crippen LogP contribution is 2.19. The van der Waals surface area contributed by atoms with E-state index in [1.165, 1.54) is 6.92 Å². The Morgan fingerprint density at radius 3 is 2.29 bits per heavy atom. The van der Waals surface area contributed by atoms with Crippen molar-refractivity contribution in [3.8, 4) is 0 Å². The van der Waals surface area contributed by atoms with E-state index in [4.69, 9.17) is 4.74 Å². The first-order valence-electron chi connectivity index (χ1n) is 4.40. The summed E-state index contributed by atoms with van der Waals surface area (Å²) < 4.78 is 5.10. The van der Waals surface area contributed by atoms with Crippen LogP contribution in [-0.4, -0.2) is 51.9 Å². The monoisotopic (exact) mass is 205 g/mol. The van der Waals surface area contributed by atoms with Crippen LogP contribution in [-0.2, 0) is 9.53 Å². The Labute approximate surface area is 81.5 Å². The summed E-state index contributed by atoms with van der Waals surface area (Å²) in [4.78, 5) is 10.7. The largest absolute Gasteiger partial charge is 0.388 e. The van der Waals surface area contributed by atoms with Crippen molar-refractivity contribution in [3.63, 3.8) is 0 Å². The second kappa shape index (κ2) is 4.22. The summed E-state index contributed by atoms with van der Waals surface area (Å²) in [5.74, 6) is -0.371. The smallest absolute Gasteiger partial charge is 0.218 e. The lowest BCUT2D eigenvalue weighted by molar-refractivity contribution is -0.224. The molecule has 1 rings (SSSR count). The van der Waals surface area contributed by atoms with Crippen LogP contribution >= 0.6 is 0 Å². The minimum absolute atomic E-state index is 0.371. The van der Waals surface area contributed by atoms with E-state index in [0.717, 1.165) is 0 Å². The van der Waals surface area contributed by atoms with E-state index < -0.39 is 30.6 Å². The number of amides is 1. The van der Waals surface area contributed by atoms with Crippen LogP contribution in [0.4, 0.5) is 0 Å². The maximum Gasteiger partial charge on any atom is 0.218 e. The number of aliphatic hydroxyl groups is 3. The number of carbonyl (C=O) groups is 1. The number of hydrogen-bond acceptors (Lipinski definition) is 5. The third kappa shape index (κ3) is 2.21. The van der Waals surface area contributed by atoms with Crippen molar-refractivity contribution in [3.05, 3.63) is 0 Å². The van der Waals surface area contributed by atoms with E-state index in [9.17, 15) is 20.1 Å². The van der Waals surface area contributed by atoms with Gasteiger partial charge >= 0.3 is 0 Å². The molecule has 6 nitrogen and oxygen atoms in total. The van der Waals surface area contributed by atoms with Gasteiger partial charge < -0.3 is 25.4 Å². The molecule has 1 aliphatic heterocycles. The summed E-state index contributed by atoms with van der Waals surface area (Å²) in [6.07, 6.45) is -5.37. The molecular formula is C8H15NO5. The Kier molecular flexibility index (Phi) is 3.43.